The number of benzene rings is 2. The smallest absolute Gasteiger partial charge is 0.343 e. The van der Waals surface area contributed by atoms with Crippen molar-refractivity contribution in [3.05, 3.63) is 70.8 Å². The fraction of sp³-hybridized carbons (Fsp3) is 0.481. The van der Waals surface area contributed by atoms with Gasteiger partial charge in [0, 0.05) is 30.1 Å². The second-order valence-corrected chi connectivity index (χ2v) is 10.5. The number of rotatable bonds is 6. The number of hydrogen-bond acceptors (Lipinski definition) is 3. The van der Waals surface area contributed by atoms with Gasteiger partial charge in [0.25, 0.3) is 0 Å². The predicted molar refractivity (Wildman–Crippen MR) is 125 cm³/mol. The molecule has 37 heavy (non-hydrogen) atoms. The molecule has 3 fully saturated rings. The predicted octanol–water partition coefficient (Wildman–Crippen LogP) is 4.22. The van der Waals surface area contributed by atoms with Crippen molar-refractivity contribution in [3.63, 3.8) is 0 Å². The molecule has 2 heterocycles. The first-order valence-corrected chi connectivity index (χ1v) is 12.5. The molecule has 2 aromatic carbocycles. The van der Waals surface area contributed by atoms with E-state index in [-0.39, 0.29) is 48.9 Å². The van der Waals surface area contributed by atoms with Gasteiger partial charge < -0.3 is 16.0 Å². The Hall–Kier alpha value is -3.01. The average molecular weight is 522 g/mol. The highest BCUT2D eigenvalue weighted by atomic mass is 19.4. The Morgan fingerprint density at radius 3 is 2.19 bits per heavy atom. The number of carbonyl (C=O) groups is 2. The maximum atomic E-state index is 14.8. The van der Waals surface area contributed by atoms with Gasteiger partial charge in [0.15, 0.2) is 0 Å². The van der Waals surface area contributed by atoms with Gasteiger partial charge in [-0.25, -0.2) is 8.78 Å². The Kier molecular flexibility index (Phi) is 6.50. The van der Waals surface area contributed by atoms with Crippen LogP contribution in [0.2, 0.25) is 0 Å². The van der Waals surface area contributed by atoms with E-state index < -0.39 is 40.7 Å². The van der Waals surface area contributed by atoms with Crippen molar-refractivity contribution in [2.24, 2.45) is 5.73 Å². The van der Waals surface area contributed by atoms with E-state index in [1.807, 2.05) is 0 Å². The Bertz CT molecular complexity index is 1180. The van der Waals surface area contributed by atoms with Crippen molar-refractivity contribution in [2.45, 2.75) is 80.7 Å². The van der Waals surface area contributed by atoms with Crippen molar-refractivity contribution in [1.29, 1.82) is 0 Å². The molecule has 2 aliphatic heterocycles. The molecule has 2 bridgehead atoms. The van der Waals surface area contributed by atoms with E-state index in [0.717, 1.165) is 25.0 Å². The van der Waals surface area contributed by atoms with Gasteiger partial charge >= 0.3 is 6.18 Å². The lowest BCUT2D eigenvalue weighted by Gasteiger charge is -2.40. The molecular weight excluding hydrogens is 493 g/mol. The average Bonchev–Trinajstić information content (AvgIpc) is 3.59. The third-order valence-corrected chi connectivity index (χ3v) is 7.98. The van der Waals surface area contributed by atoms with E-state index in [0.29, 0.717) is 24.5 Å². The van der Waals surface area contributed by atoms with Crippen LogP contribution < -0.4 is 11.1 Å². The first-order valence-electron chi connectivity index (χ1n) is 12.5. The Balaban J connectivity index is 1.41. The third-order valence-electron chi connectivity index (χ3n) is 7.98. The van der Waals surface area contributed by atoms with Crippen LogP contribution in [0.25, 0.3) is 0 Å². The van der Waals surface area contributed by atoms with Crippen molar-refractivity contribution >= 4 is 11.8 Å². The second-order valence-electron chi connectivity index (χ2n) is 10.5. The lowest BCUT2D eigenvalue weighted by Crippen LogP contribution is -2.58. The van der Waals surface area contributed by atoms with E-state index in [2.05, 4.69) is 5.32 Å². The van der Waals surface area contributed by atoms with Crippen LogP contribution in [0.15, 0.2) is 42.5 Å². The molecule has 10 heteroatoms. The molecule has 2 aromatic rings. The number of hydrogen-bond donors (Lipinski definition) is 2. The van der Waals surface area contributed by atoms with Crippen LogP contribution in [0.3, 0.4) is 0 Å². The van der Waals surface area contributed by atoms with Crippen LogP contribution in [0, 0.1) is 11.6 Å². The van der Waals surface area contributed by atoms with Crippen LogP contribution in [0.5, 0.6) is 0 Å². The number of carbonyl (C=O) groups excluding carboxylic acids is 2. The summed E-state index contributed by atoms with van der Waals surface area (Å²) in [5.74, 6) is -2.42. The van der Waals surface area contributed by atoms with E-state index >= 15 is 0 Å². The maximum absolute atomic E-state index is 14.8. The van der Waals surface area contributed by atoms with Gasteiger partial charge in [-0.2, -0.15) is 13.2 Å². The molecule has 5 rings (SSSR count). The van der Waals surface area contributed by atoms with E-state index in [1.165, 1.54) is 24.3 Å². The van der Waals surface area contributed by atoms with Gasteiger partial charge in [0.2, 0.25) is 11.8 Å². The van der Waals surface area contributed by atoms with Crippen molar-refractivity contribution in [1.82, 2.24) is 10.2 Å². The first-order chi connectivity index (χ1) is 17.5. The van der Waals surface area contributed by atoms with Gasteiger partial charge in [-0.15, -0.1) is 0 Å². The summed E-state index contributed by atoms with van der Waals surface area (Å²) in [6.45, 7) is 0. The number of fused-ring (bicyclic) bond motifs is 2. The number of amides is 2. The fourth-order valence-corrected chi connectivity index (χ4v) is 5.93. The van der Waals surface area contributed by atoms with Gasteiger partial charge in [0.1, 0.15) is 17.7 Å². The van der Waals surface area contributed by atoms with Crippen LogP contribution in [-0.2, 0) is 27.6 Å². The van der Waals surface area contributed by atoms with E-state index in [4.69, 9.17) is 5.73 Å². The molecule has 1 aliphatic carbocycles. The molecule has 3 atom stereocenters. The Morgan fingerprint density at radius 2 is 1.65 bits per heavy atom. The maximum Gasteiger partial charge on any atom is 0.416 e. The largest absolute Gasteiger partial charge is 0.416 e. The third kappa shape index (κ3) is 4.95. The molecule has 0 spiro atoms. The minimum Gasteiger partial charge on any atom is -0.343 e. The van der Waals surface area contributed by atoms with E-state index in [1.54, 1.807) is 4.90 Å². The summed E-state index contributed by atoms with van der Waals surface area (Å²) in [4.78, 5) is 29.1. The monoisotopic (exact) mass is 521 g/mol. The molecule has 3 aliphatic rings. The van der Waals surface area contributed by atoms with Gasteiger partial charge in [-0.3, -0.25) is 9.59 Å². The molecule has 198 valence electrons. The molecule has 0 radical (unpaired) electrons. The summed E-state index contributed by atoms with van der Waals surface area (Å²) >= 11 is 0. The van der Waals surface area contributed by atoms with Crippen LogP contribution >= 0.6 is 0 Å². The number of alkyl halides is 3. The zero-order valence-corrected chi connectivity index (χ0v) is 20.0. The van der Waals surface area contributed by atoms with Crippen molar-refractivity contribution in [2.75, 3.05) is 0 Å². The molecule has 5 nitrogen and oxygen atoms in total. The van der Waals surface area contributed by atoms with Crippen molar-refractivity contribution in [3.8, 4) is 0 Å². The summed E-state index contributed by atoms with van der Waals surface area (Å²) in [6, 6.07) is 6.72. The van der Waals surface area contributed by atoms with E-state index in [9.17, 15) is 31.5 Å². The lowest BCUT2D eigenvalue weighted by molar-refractivity contribution is -0.141. The normalized spacial score (nSPS) is 25.0. The van der Waals surface area contributed by atoms with Gasteiger partial charge in [-0.05, 0) is 68.4 Å². The summed E-state index contributed by atoms with van der Waals surface area (Å²) in [5.41, 5.74) is 4.19. The van der Waals surface area contributed by atoms with Gasteiger partial charge in [-0.1, -0.05) is 18.2 Å². The number of nitrogens with zero attached hydrogens (tertiary/aromatic N) is 1. The number of piperidine rings is 1. The molecule has 2 saturated heterocycles. The van der Waals surface area contributed by atoms with Crippen LogP contribution in [0.4, 0.5) is 22.0 Å². The Morgan fingerprint density at radius 1 is 1.03 bits per heavy atom. The highest BCUT2D eigenvalue weighted by Crippen LogP contribution is 2.50. The standard InChI is InChI=1S/C27H28F5N3O2/c28-17-4-1-15(2-5-17)11-23(24(36)35-19-6-7-20(35)14-18(33)13-19)34-25(37)26(9-10-26)21-8-3-16(12-22(21)29)27(30,31)32/h1-5,8,12,18-20,23H,6-7,9-11,13-14,33H2,(H,34,37)/t18?,19?,20?,23-/m0/s1. The molecule has 1 saturated carbocycles. The zero-order chi connectivity index (χ0) is 26.5. The Labute approximate surface area is 211 Å². The SMILES string of the molecule is NC1CC2CCC(C1)N2C(=O)[C@H](Cc1ccc(F)cc1)NC(=O)C1(c2ccc(C(F)(F)F)cc2F)CC1. The van der Waals surface area contributed by atoms with Crippen molar-refractivity contribution < 1.29 is 31.5 Å². The fourth-order valence-electron chi connectivity index (χ4n) is 5.93. The molecule has 3 N–H and O–H groups in total. The summed E-state index contributed by atoms with van der Waals surface area (Å²) < 4.78 is 67.3. The first kappa shape index (κ1) is 25.6. The minimum atomic E-state index is -4.71. The lowest BCUT2D eigenvalue weighted by atomic mass is 9.92. The summed E-state index contributed by atoms with van der Waals surface area (Å²) in [6.07, 6.45) is -1.13. The highest BCUT2D eigenvalue weighted by Gasteiger charge is 2.54. The summed E-state index contributed by atoms with van der Waals surface area (Å²) in [5, 5.41) is 2.79. The quantitative estimate of drug-likeness (QED) is 0.559. The van der Waals surface area contributed by atoms with Crippen LogP contribution in [0.1, 0.15) is 55.2 Å². The number of nitrogens with one attached hydrogen (secondary N) is 1. The highest BCUT2D eigenvalue weighted by molar-refractivity contribution is 5.95. The summed E-state index contributed by atoms with van der Waals surface area (Å²) in [7, 11) is 0. The topological polar surface area (TPSA) is 75.4 Å². The molecular formula is C27H28F5N3O2. The minimum absolute atomic E-state index is 0.00377. The van der Waals surface area contributed by atoms with Gasteiger partial charge in [0.05, 0.1) is 11.0 Å². The molecule has 0 aromatic heterocycles. The molecule has 2 unspecified atom stereocenters. The number of halogens is 5. The zero-order valence-electron chi connectivity index (χ0n) is 20.0. The molecule has 2 amide bonds. The number of nitrogens with two attached hydrogens (primary N) is 1. The second kappa shape index (κ2) is 9.38. The van der Waals surface area contributed by atoms with Crippen LogP contribution in [-0.4, -0.2) is 40.9 Å².